The number of aliphatic hydroxyl groups excluding tert-OH is 2. The van der Waals surface area contributed by atoms with Gasteiger partial charge in [-0.3, -0.25) is 4.79 Å². The normalized spacial score (nSPS) is 12.1. The molecule has 0 aromatic heterocycles. The Balaban J connectivity index is 3.15. The number of hydrogen-bond acceptors (Lipinski definition) is 5. The molecule has 2 N–H and O–H groups in total. The van der Waals surface area contributed by atoms with Crippen LogP contribution in [-0.2, 0) is 14.3 Å². The van der Waals surface area contributed by atoms with Crippen molar-refractivity contribution in [3.63, 3.8) is 0 Å². The first-order chi connectivity index (χ1) is 12.6. The number of rotatable bonds is 19. The van der Waals surface area contributed by atoms with Crippen molar-refractivity contribution in [2.24, 2.45) is 0 Å². The van der Waals surface area contributed by atoms with Gasteiger partial charge in [0.15, 0.2) is 0 Å². The molecule has 5 heteroatoms. The molecule has 1 unspecified atom stereocenters. The van der Waals surface area contributed by atoms with Crippen LogP contribution in [0.15, 0.2) is 0 Å². The summed E-state index contributed by atoms with van der Waals surface area (Å²) in [6.45, 7) is 1.17. The third kappa shape index (κ3) is 19.4. The first kappa shape index (κ1) is 25.1. The van der Waals surface area contributed by atoms with Crippen LogP contribution in [0.2, 0.25) is 0 Å². The van der Waals surface area contributed by atoms with Crippen molar-refractivity contribution in [2.45, 2.75) is 109 Å². The summed E-state index contributed by atoms with van der Waals surface area (Å²) in [5, 5.41) is 17.7. The average molecular weight is 373 g/mol. The van der Waals surface area contributed by atoms with E-state index in [1.807, 2.05) is 0 Å². The van der Waals surface area contributed by atoms with E-state index in [0.717, 1.165) is 32.1 Å². The van der Waals surface area contributed by atoms with Crippen LogP contribution in [0.4, 0.5) is 0 Å². The van der Waals surface area contributed by atoms with E-state index < -0.39 is 6.10 Å². The molecular weight excluding hydrogens is 332 g/mol. The molecule has 0 rings (SSSR count). The summed E-state index contributed by atoms with van der Waals surface area (Å²) in [4.78, 5) is 22.2. The molecular formula is C21H40O5. The van der Waals surface area contributed by atoms with Gasteiger partial charge in [0, 0.05) is 12.8 Å². The number of hydrogen-bond donors (Lipinski definition) is 2. The number of ether oxygens (including phenoxy) is 1. The van der Waals surface area contributed by atoms with Crippen LogP contribution < -0.4 is 0 Å². The predicted octanol–water partition coefficient (Wildman–Crippen LogP) is 4.32. The van der Waals surface area contributed by atoms with Gasteiger partial charge in [0.05, 0.1) is 6.61 Å². The van der Waals surface area contributed by atoms with Crippen LogP contribution in [0.3, 0.4) is 0 Å². The lowest BCUT2D eigenvalue weighted by atomic mass is 10.0. The maximum absolute atomic E-state index is 11.4. The molecule has 0 aromatic rings. The fraction of sp³-hybridized carbons (Fsp3) is 0.905. The first-order valence-electron chi connectivity index (χ1n) is 10.5. The van der Waals surface area contributed by atoms with Gasteiger partial charge in [0.25, 0.3) is 0 Å². The Hall–Kier alpha value is -0.940. The molecule has 0 saturated carbocycles. The molecule has 0 spiro atoms. The van der Waals surface area contributed by atoms with E-state index in [0.29, 0.717) is 12.2 Å². The highest BCUT2D eigenvalue weighted by Gasteiger charge is 2.07. The zero-order valence-electron chi connectivity index (χ0n) is 16.7. The Kier molecular flexibility index (Phi) is 18.2. The van der Waals surface area contributed by atoms with Gasteiger partial charge in [-0.2, -0.15) is 0 Å². The highest BCUT2D eigenvalue weighted by atomic mass is 16.5. The number of aliphatic hydroxyl groups is 2. The summed E-state index contributed by atoms with van der Waals surface area (Å²) in [6.07, 6.45) is 15.7. The molecule has 0 bridgehead atoms. The summed E-state index contributed by atoms with van der Waals surface area (Å²) in [5.74, 6) is 0.0154. The van der Waals surface area contributed by atoms with Crippen molar-refractivity contribution in [2.75, 3.05) is 13.2 Å². The minimum atomic E-state index is -0.967. The lowest BCUT2D eigenvalue weighted by molar-refractivity contribution is -0.147. The maximum Gasteiger partial charge on any atom is 0.305 e. The Bertz CT molecular complexity index is 343. The number of carbonyl (C=O) groups excluding carboxylic acids is 2. The third-order valence-electron chi connectivity index (χ3n) is 4.56. The minimum Gasteiger partial charge on any atom is -0.463 e. The van der Waals surface area contributed by atoms with E-state index in [4.69, 9.17) is 14.9 Å². The van der Waals surface area contributed by atoms with E-state index in [1.165, 1.54) is 57.8 Å². The lowest BCUT2D eigenvalue weighted by Gasteiger charge is -2.08. The van der Waals surface area contributed by atoms with Crippen LogP contribution in [0.25, 0.3) is 0 Å². The fourth-order valence-electron chi connectivity index (χ4n) is 2.90. The summed E-state index contributed by atoms with van der Waals surface area (Å²) in [7, 11) is 0. The van der Waals surface area contributed by atoms with Crippen molar-refractivity contribution in [3.05, 3.63) is 0 Å². The van der Waals surface area contributed by atoms with Crippen molar-refractivity contribution >= 4 is 11.8 Å². The van der Waals surface area contributed by atoms with Gasteiger partial charge >= 0.3 is 5.97 Å². The van der Waals surface area contributed by atoms with Gasteiger partial charge < -0.3 is 19.7 Å². The highest BCUT2D eigenvalue weighted by Crippen LogP contribution is 2.13. The van der Waals surface area contributed by atoms with Gasteiger partial charge in [-0.25, -0.2) is 0 Å². The molecule has 0 aromatic carbocycles. The van der Waals surface area contributed by atoms with E-state index in [9.17, 15) is 9.59 Å². The van der Waals surface area contributed by atoms with Gasteiger partial charge in [-0.05, 0) is 19.8 Å². The third-order valence-corrected chi connectivity index (χ3v) is 4.56. The molecule has 0 aliphatic carbocycles. The van der Waals surface area contributed by atoms with Crippen molar-refractivity contribution in [1.82, 2.24) is 0 Å². The van der Waals surface area contributed by atoms with Crippen molar-refractivity contribution < 1.29 is 24.5 Å². The molecule has 0 heterocycles. The second-order valence-electron chi connectivity index (χ2n) is 7.32. The number of carbonyl (C=O) groups is 2. The van der Waals surface area contributed by atoms with Crippen LogP contribution in [-0.4, -0.2) is 41.3 Å². The van der Waals surface area contributed by atoms with Crippen LogP contribution in [0.5, 0.6) is 0 Å². The first-order valence-corrected chi connectivity index (χ1v) is 10.5. The molecule has 0 amide bonds. The molecule has 0 radical (unpaired) electrons. The van der Waals surface area contributed by atoms with Crippen molar-refractivity contribution in [3.8, 4) is 0 Å². The standard InChI is InChI=1S/C21H40O5/c1-19(23)15-13-11-9-7-5-3-2-4-6-8-10-12-14-16-21(25)26-18-20(24)17-22/h20,22,24H,2-18H2,1H3. The molecule has 0 saturated heterocycles. The zero-order chi connectivity index (χ0) is 19.5. The quantitative estimate of drug-likeness (QED) is 0.260. The topological polar surface area (TPSA) is 83.8 Å². The summed E-state index contributed by atoms with van der Waals surface area (Å²) in [6, 6.07) is 0. The average Bonchev–Trinajstić information content (AvgIpc) is 2.62. The number of unbranched alkanes of at least 4 members (excludes halogenated alkanes) is 12. The second-order valence-corrected chi connectivity index (χ2v) is 7.32. The number of ketones is 1. The van der Waals surface area contributed by atoms with Gasteiger partial charge in [-0.15, -0.1) is 0 Å². The second kappa shape index (κ2) is 18.8. The van der Waals surface area contributed by atoms with Gasteiger partial charge in [0.1, 0.15) is 18.5 Å². The van der Waals surface area contributed by atoms with E-state index in [-0.39, 0.29) is 19.2 Å². The number of esters is 1. The Morgan fingerprint density at radius 1 is 0.731 bits per heavy atom. The summed E-state index contributed by atoms with van der Waals surface area (Å²) in [5.41, 5.74) is 0. The Morgan fingerprint density at radius 3 is 1.50 bits per heavy atom. The van der Waals surface area contributed by atoms with Gasteiger partial charge in [0.2, 0.25) is 0 Å². The van der Waals surface area contributed by atoms with E-state index in [2.05, 4.69) is 0 Å². The zero-order valence-corrected chi connectivity index (χ0v) is 16.7. The Morgan fingerprint density at radius 2 is 1.12 bits per heavy atom. The van der Waals surface area contributed by atoms with Crippen molar-refractivity contribution in [1.29, 1.82) is 0 Å². The molecule has 0 aliphatic heterocycles. The summed E-state index contributed by atoms with van der Waals surface area (Å²) >= 11 is 0. The largest absolute Gasteiger partial charge is 0.463 e. The monoisotopic (exact) mass is 372 g/mol. The molecule has 0 aliphatic rings. The highest BCUT2D eigenvalue weighted by molar-refractivity contribution is 5.75. The maximum atomic E-state index is 11.4. The Labute approximate surface area is 159 Å². The van der Waals surface area contributed by atoms with Crippen LogP contribution in [0, 0.1) is 0 Å². The molecule has 26 heavy (non-hydrogen) atoms. The van der Waals surface area contributed by atoms with Crippen LogP contribution in [0.1, 0.15) is 103 Å². The smallest absolute Gasteiger partial charge is 0.305 e. The van der Waals surface area contributed by atoms with Crippen LogP contribution >= 0.6 is 0 Å². The minimum absolute atomic E-state index is 0.117. The molecule has 0 fully saturated rings. The fourth-order valence-corrected chi connectivity index (χ4v) is 2.90. The molecule has 1 atom stereocenters. The molecule has 5 nitrogen and oxygen atoms in total. The number of Topliss-reactive ketones (excluding diaryl/α,β-unsaturated/α-hetero) is 1. The van der Waals surface area contributed by atoms with Gasteiger partial charge in [-0.1, -0.05) is 70.6 Å². The predicted molar refractivity (Wildman–Crippen MR) is 104 cm³/mol. The molecule has 154 valence electrons. The lowest BCUT2D eigenvalue weighted by Crippen LogP contribution is -2.21. The SMILES string of the molecule is CC(=O)CCCCCCCCCCCCCCCC(=O)OCC(O)CO. The van der Waals surface area contributed by atoms with E-state index in [1.54, 1.807) is 6.92 Å². The summed E-state index contributed by atoms with van der Waals surface area (Å²) < 4.78 is 4.85. The van der Waals surface area contributed by atoms with E-state index >= 15 is 0 Å².